The standard InChI is InChI=1S/C22H23FN2O3/c23-18-6-4-5-16(11-18)12-21(26)24-10-9-20-17(13-24)14-25(22(27)15-28-20)19-7-2-1-3-8-19/h1-8,11,17,20H,9-10,12-15H2/t17-,20+/m1/s1. The average Bonchev–Trinajstić information content (AvgIpc) is 2.87. The maximum absolute atomic E-state index is 13.4. The summed E-state index contributed by atoms with van der Waals surface area (Å²) in [6.07, 6.45) is 0.850. The molecule has 2 fully saturated rings. The van der Waals surface area contributed by atoms with E-state index in [4.69, 9.17) is 4.74 Å². The minimum Gasteiger partial charge on any atom is -0.368 e. The quantitative estimate of drug-likeness (QED) is 0.820. The lowest BCUT2D eigenvalue weighted by Crippen LogP contribution is -2.49. The molecule has 5 nitrogen and oxygen atoms in total. The van der Waals surface area contributed by atoms with Crippen molar-refractivity contribution in [2.45, 2.75) is 18.9 Å². The van der Waals surface area contributed by atoms with Gasteiger partial charge in [0.15, 0.2) is 0 Å². The monoisotopic (exact) mass is 382 g/mol. The lowest BCUT2D eigenvalue weighted by atomic mass is 9.93. The van der Waals surface area contributed by atoms with E-state index in [0.29, 0.717) is 31.6 Å². The first-order valence-corrected chi connectivity index (χ1v) is 9.59. The maximum atomic E-state index is 13.4. The Bertz CT molecular complexity index is 858. The van der Waals surface area contributed by atoms with E-state index < -0.39 is 0 Å². The molecular weight excluding hydrogens is 359 g/mol. The van der Waals surface area contributed by atoms with E-state index in [2.05, 4.69) is 0 Å². The van der Waals surface area contributed by atoms with Crippen LogP contribution in [-0.2, 0) is 20.7 Å². The number of carbonyl (C=O) groups is 2. The van der Waals surface area contributed by atoms with Gasteiger partial charge in [-0.05, 0) is 36.2 Å². The van der Waals surface area contributed by atoms with Gasteiger partial charge in [-0.3, -0.25) is 9.59 Å². The number of anilines is 1. The number of ether oxygens (including phenoxy) is 1. The molecule has 2 amide bonds. The predicted molar refractivity (Wildman–Crippen MR) is 103 cm³/mol. The summed E-state index contributed by atoms with van der Waals surface area (Å²) in [5, 5.41) is 0. The Morgan fingerprint density at radius 3 is 2.71 bits per heavy atom. The molecule has 2 atom stereocenters. The summed E-state index contributed by atoms with van der Waals surface area (Å²) < 4.78 is 19.2. The number of halogens is 1. The first kappa shape index (κ1) is 18.6. The summed E-state index contributed by atoms with van der Waals surface area (Å²) in [6, 6.07) is 15.7. The first-order chi connectivity index (χ1) is 13.6. The van der Waals surface area contributed by atoms with E-state index >= 15 is 0 Å². The molecule has 2 aromatic rings. The normalized spacial score (nSPS) is 22.5. The van der Waals surface area contributed by atoms with Crippen LogP contribution in [0.25, 0.3) is 0 Å². The zero-order valence-electron chi connectivity index (χ0n) is 15.6. The molecule has 4 rings (SSSR count). The molecule has 2 heterocycles. The minimum absolute atomic E-state index is 0.0223. The van der Waals surface area contributed by atoms with Crippen molar-refractivity contribution >= 4 is 17.5 Å². The molecule has 2 saturated heterocycles. The first-order valence-electron chi connectivity index (χ1n) is 9.59. The molecule has 6 heteroatoms. The summed E-state index contributed by atoms with van der Waals surface area (Å²) in [6.45, 7) is 1.72. The molecule has 146 valence electrons. The lowest BCUT2D eigenvalue weighted by molar-refractivity contribution is -0.136. The lowest BCUT2D eigenvalue weighted by Gasteiger charge is -2.38. The fraction of sp³-hybridized carbons (Fsp3) is 0.364. The van der Waals surface area contributed by atoms with Crippen LogP contribution in [0.2, 0.25) is 0 Å². The maximum Gasteiger partial charge on any atom is 0.252 e. The average molecular weight is 382 g/mol. The Labute approximate surface area is 163 Å². The Morgan fingerprint density at radius 1 is 1.11 bits per heavy atom. The van der Waals surface area contributed by atoms with E-state index in [9.17, 15) is 14.0 Å². The molecule has 28 heavy (non-hydrogen) atoms. The second-order valence-corrected chi connectivity index (χ2v) is 7.38. The number of fused-ring (bicyclic) bond motifs is 1. The summed E-state index contributed by atoms with van der Waals surface area (Å²) in [4.78, 5) is 28.8. The van der Waals surface area contributed by atoms with Crippen LogP contribution in [0, 0.1) is 11.7 Å². The molecule has 0 bridgehead atoms. The Balaban J connectivity index is 1.46. The zero-order valence-corrected chi connectivity index (χ0v) is 15.6. The van der Waals surface area contributed by atoms with Crippen molar-refractivity contribution in [2.24, 2.45) is 5.92 Å². The topological polar surface area (TPSA) is 49.9 Å². The van der Waals surface area contributed by atoms with Gasteiger partial charge in [0.2, 0.25) is 5.91 Å². The highest BCUT2D eigenvalue weighted by molar-refractivity contribution is 5.94. The molecule has 0 aromatic heterocycles. The van der Waals surface area contributed by atoms with Crippen LogP contribution in [0.3, 0.4) is 0 Å². The molecule has 0 saturated carbocycles. The largest absolute Gasteiger partial charge is 0.368 e. The summed E-state index contributed by atoms with van der Waals surface area (Å²) >= 11 is 0. The SMILES string of the molecule is O=C(Cc1cccc(F)c1)N1CC[C@@H]2OCC(=O)N(c3ccccc3)C[C@H]2C1. The van der Waals surface area contributed by atoms with Crippen LogP contribution in [0.5, 0.6) is 0 Å². The Kier molecular flexibility index (Phi) is 5.39. The molecule has 2 aliphatic rings. The third-order valence-corrected chi connectivity index (χ3v) is 5.47. The van der Waals surface area contributed by atoms with E-state index in [-0.39, 0.29) is 42.7 Å². The fourth-order valence-electron chi connectivity index (χ4n) is 4.02. The molecular formula is C22H23FN2O3. The van der Waals surface area contributed by atoms with Crippen molar-refractivity contribution in [1.29, 1.82) is 0 Å². The molecule has 0 unspecified atom stereocenters. The Hall–Kier alpha value is -2.73. The van der Waals surface area contributed by atoms with Crippen LogP contribution in [0.1, 0.15) is 12.0 Å². The van der Waals surface area contributed by atoms with Gasteiger partial charge in [-0.2, -0.15) is 0 Å². The van der Waals surface area contributed by atoms with E-state index in [0.717, 1.165) is 5.69 Å². The molecule has 2 aliphatic heterocycles. The number of amides is 2. The second-order valence-electron chi connectivity index (χ2n) is 7.38. The van der Waals surface area contributed by atoms with Crippen molar-refractivity contribution in [1.82, 2.24) is 4.90 Å². The van der Waals surface area contributed by atoms with E-state index in [1.807, 2.05) is 35.2 Å². The van der Waals surface area contributed by atoms with Crippen molar-refractivity contribution in [3.8, 4) is 0 Å². The van der Waals surface area contributed by atoms with Gasteiger partial charge in [0.05, 0.1) is 12.5 Å². The van der Waals surface area contributed by atoms with Gasteiger partial charge in [0.1, 0.15) is 12.4 Å². The van der Waals surface area contributed by atoms with Gasteiger partial charge in [-0.1, -0.05) is 30.3 Å². The number of nitrogens with zero attached hydrogens (tertiary/aromatic N) is 2. The van der Waals surface area contributed by atoms with Gasteiger partial charge in [0.25, 0.3) is 5.91 Å². The van der Waals surface area contributed by atoms with Gasteiger partial charge in [-0.25, -0.2) is 4.39 Å². The molecule has 0 N–H and O–H groups in total. The highest BCUT2D eigenvalue weighted by Gasteiger charge is 2.37. The van der Waals surface area contributed by atoms with Gasteiger partial charge in [-0.15, -0.1) is 0 Å². The van der Waals surface area contributed by atoms with Gasteiger partial charge in [0, 0.05) is 31.2 Å². The second kappa shape index (κ2) is 8.10. The number of hydrogen-bond acceptors (Lipinski definition) is 3. The van der Waals surface area contributed by atoms with Crippen molar-refractivity contribution in [2.75, 3.05) is 31.1 Å². The van der Waals surface area contributed by atoms with Gasteiger partial charge < -0.3 is 14.5 Å². The van der Waals surface area contributed by atoms with Crippen LogP contribution >= 0.6 is 0 Å². The molecule has 0 aliphatic carbocycles. The number of para-hydroxylation sites is 1. The van der Waals surface area contributed by atoms with E-state index in [1.54, 1.807) is 17.0 Å². The van der Waals surface area contributed by atoms with Crippen LogP contribution in [0.15, 0.2) is 54.6 Å². The van der Waals surface area contributed by atoms with Crippen molar-refractivity contribution < 1.29 is 18.7 Å². The number of benzene rings is 2. The number of likely N-dealkylation sites (tertiary alicyclic amines) is 1. The smallest absolute Gasteiger partial charge is 0.252 e. The molecule has 0 radical (unpaired) electrons. The number of carbonyl (C=O) groups excluding carboxylic acids is 2. The van der Waals surface area contributed by atoms with E-state index in [1.165, 1.54) is 12.1 Å². The zero-order chi connectivity index (χ0) is 19.5. The number of hydrogen-bond donors (Lipinski definition) is 0. The predicted octanol–water partition coefficient (Wildman–Crippen LogP) is 2.65. The minimum atomic E-state index is -0.335. The summed E-state index contributed by atoms with van der Waals surface area (Å²) in [7, 11) is 0. The number of rotatable bonds is 3. The van der Waals surface area contributed by atoms with Crippen molar-refractivity contribution in [3.63, 3.8) is 0 Å². The van der Waals surface area contributed by atoms with Crippen LogP contribution in [-0.4, -0.2) is 49.1 Å². The molecule has 0 spiro atoms. The third-order valence-electron chi connectivity index (χ3n) is 5.47. The van der Waals surface area contributed by atoms with Crippen LogP contribution < -0.4 is 4.90 Å². The fourth-order valence-corrected chi connectivity index (χ4v) is 4.02. The van der Waals surface area contributed by atoms with Crippen LogP contribution in [0.4, 0.5) is 10.1 Å². The highest BCUT2D eigenvalue weighted by Crippen LogP contribution is 2.27. The van der Waals surface area contributed by atoms with Gasteiger partial charge >= 0.3 is 0 Å². The highest BCUT2D eigenvalue weighted by atomic mass is 19.1. The molecule has 2 aromatic carbocycles. The van der Waals surface area contributed by atoms with Crippen molar-refractivity contribution in [3.05, 3.63) is 66.0 Å². The Morgan fingerprint density at radius 2 is 1.93 bits per heavy atom. The summed E-state index contributed by atoms with van der Waals surface area (Å²) in [5.74, 6) is -0.362. The number of piperidine rings is 1. The third kappa shape index (κ3) is 4.07. The summed E-state index contributed by atoms with van der Waals surface area (Å²) in [5.41, 5.74) is 1.52.